The van der Waals surface area contributed by atoms with Crippen molar-refractivity contribution >= 4 is 17.2 Å². The van der Waals surface area contributed by atoms with E-state index < -0.39 is 5.82 Å². The van der Waals surface area contributed by atoms with Crippen LogP contribution in [0.3, 0.4) is 0 Å². The summed E-state index contributed by atoms with van der Waals surface area (Å²) in [5, 5.41) is 4.92. The molecule has 1 N–H and O–H groups in total. The Morgan fingerprint density at radius 3 is 2.82 bits per heavy atom. The average Bonchev–Trinajstić information content (AvgIpc) is 3.18. The number of carbonyl (C=O) groups excluding carboxylic acids is 1. The summed E-state index contributed by atoms with van der Waals surface area (Å²) < 4.78 is 24.9. The highest BCUT2D eigenvalue weighted by Crippen LogP contribution is 2.29. The molecule has 0 aliphatic carbocycles. The molecule has 0 aliphatic rings. The van der Waals surface area contributed by atoms with Crippen LogP contribution in [0.2, 0.25) is 0 Å². The molecule has 1 amide bonds. The molecule has 1 heterocycles. The quantitative estimate of drug-likeness (QED) is 0.611. The van der Waals surface area contributed by atoms with Crippen LogP contribution in [0.4, 0.5) is 4.39 Å². The lowest BCUT2D eigenvalue weighted by Crippen LogP contribution is -2.26. The van der Waals surface area contributed by atoms with Crippen molar-refractivity contribution in [2.75, 3.05) is 20.3 Å². The van der Waals surface area contributed by atoms with E-state index in [2.05, 4.69) is 10.3 Å². The first-order valence-electron chi connectivity index (χ1n) is 8.90. The van der Waals surface area contributed by atoms with Gasteiger partial charge in [0.15, 0.2) is 0 Å². The maximum absolute atomic E-state index is 14.3. The molecule has 0 atom stereocenters. The minimum absolute atomic E-state index is 0.272. The smallest absolute Gasteiger partial charge is 0.270 e. The Morgan fingerprint density at radius 1 is 1.25 bits per heavy atom. The number of para-hydroxylation sites is 1. The van der Waals surface area contributed by atoms with Crippen LogP contribution in [0.15, 0.2) is 47.8 Å². The number of aromatic nitrogens is 1. The van der Waals surface area contributed by atoms with Gasteiger partial charge in [0, 0.05) is 23.6 Å². The molecule has 3 aromatic rings. The van der Waals surface area contributed by atoms with E-state index in [9.17, 15) is 9.18 Å². The summed E-state index contributed by atoms with van der Waals surface area (Å²) in [6, 6.07) is 12.3. The van der Waals surface area contributed by atoms with Crippen molar-refractivity contribution in [3.63, 3.8) is 0 Å². The molecule has 7 heteroatoms. The third-order valence-electron chi connectivity index (χ3n) is 4.09. The molecule has 0 radical (unpaired) electrons. The van der Waals surface area contributed by atoms with Crippen LogP contribution >= 0.6 is 11.3 Å². The highest BCUT2D eigenvalue weighted by Gasteiger charge is 2.15. The van der Waals surface area contributed by atoms with E-state index in [-0.39, 0.29) is 11.6 Å². The first kappa shape index (κ1) is 19.8. The molecule has 0 aliphatic heterocycles. The minimum atomic E-state index is -0.427. The monoisotopic (exact) mass is 400 g/mol. The molecule has 0 spiro atoms. The van der Waals surface area contributed by atoms with Gasteiger partial charge >= 0.3 is 0 Å². The van der Waals surface area contributed by atoms with Crippen LogP contribution in [0.25, 0.3) is 10.6 Å². The van der Waals surface area contributed by atoms with Crippen LogP contribution < -0.4 is 14.8 Å². The van der Waals surface area contributed by atoms with E-state index >= 15 is 0 Å². The number of hydrogen-bond donors (Lipinski definition) is 1. The highest BCUT2D eigenvalue weighted by molar-refractivity contribution is 7.13. The van der Waals surface area contributed by atoms with E-state index in [1.165, 1.54) is 17.4 Å². The van der Waals surface area contributed by atoms with Crippen LogP contribution in [0.5, 0.6) is 11.5 Å². The van der Waals surface area contributed by atoms with Gasteiger partial charge in [-0.15, -0.1) is 11.3 Å². The SMILES string of the molecule is CCOc1ccc(-c2nc(C(=O)NCCc3ccccc3OC)cs2)c(F)c1. The molecule has 2 aromatic carbocycles. The summed E-state index contributed by atoms with van der Waals surface area (Å²) >= 11 is 1.23. The van der Waals surface area contributed by atoms with Gasteiger partial charge in [-0.2, -0.15) is 0 Å². The zero-order valence-corrected chi connectivity index (χ0v) is 16.5. The molecular formula is C21H21FN2O3S. The van der Waals surface area contributed by atoms with E-state index in [1.54, 1.807) is 24.6 Å². The Hall–Kier alpha value is -2.93. The minimum Gasteiger partial charge on any atom is -0.496 e. The fourth-order valence-electron chi connectivity index (χ4n) is 2.74. The summed E-state index contributed by atoms with van der Waals surface area (Å²) in [5.41, 5.74) is 1.63. The second kappa shape index (κ2) is 9.32. The number of amides is 1. The molecule has 28 heavy (non-hydrogen) atoms. The summed E-state index contributed by atoms with van der Waals surface area (Å²) in [4.78, 5) is 16.6. The van der Waals surface area contributed by atoms with Crippen LogP contribution in [0, 0.1) is 5.82 Å². The lowest BCUT2D eigenvalue weighted by molar-refractivity contribution is 0.0950. The number of nitrogens with zero attached hydrogens (tertiary/aromatic N) is 1. The van der Waals surface area contributed by atoms with E-state index in [4.69, 9.17) is 9.47 Å². The second-order valence-electron chi connectivity index (χ2n) is 5.93. The zero-order chi connectivity index (χ0) is 19.9. The van der Waals surface area contributed by atoms with Gasteiger partial charge in [-0.05, 0) is 37.1 Å². The molecule has 0 saturated heterocycles. The largest absolute Gasteiger partial charge is 0.496 e. The second-order valence-corrected chi connectivity index (χ2v) is 6.79. The number of benzene rings is 2. The van der Waals surface area contributed by atoms with Crippen molar-refractivity contribution < 1.29 is 18.7 Å². The normalized spacial score (nSPS) is 10.5. The van der Waals surface area contributed by atoms with Gasteiger partial charge in [-0.25, -0.2) is 9.37 Å². The Bertz CT molecular complexity index is 958. The number of rotatable bonds is 8. The third kappa shape index (κ3) is 4.67. The van der Waals surface area contributed by atoms with E-state index in [0.29, 0.717) is 35.9 Å². The maximum atomic E-state index is 14.3. The van der Waals surface area contributed by atoms with Crippen molar-refractivity contribution in [3.05, 3.63) is 64.9 Å². The standard InChI is InChI=1S/C21H21FN2O3S/c1-3-27-15-8-9-16(17(22)12-15)21-24-18(13-28-21)20(25)23-11-10-14-6-4-5-7-19(14)26-2/h4-9,12-13H,3,10-11H2,1-2H3,(H,23,25). The van der Waals surface area contributed by atoms with Gasteiger partial charge in [-0.1, -0.05) is 18.2 Å². The topological polar surface area (TPSA) is 60.5 Å². The lowest BCUT2D eigenvalue weighted by atomic mass is 10.1. The van der Waals surface area contributed by atoms with Gasteiger partial charge in [0.25, 0.3) is 5.91 Å². The fraction of sp³-hybridized carbons (Fsp3) is 0.238. The number of carbonyl (C=O) groups is 1. The van der Waals surface area contributed by atoms with Crippen LogP contribution in [-0.4, -0.2) is 31.2 Å². The number of ether oxygens (including phenoxy) is 2. The van der Waals surface area contributed by atoms with Gasteiger partial charge in [0.2, 0.25) is 0 Å². The maximum Gasteiger partial charge on any atom is 0.270 e. The fourth-order valence-corrected chi connectivity index (χ4v) is 3.56. The molecule has 3 rings (SSSR count). The molecule has 146 valence electrons. The number of methoxy groups -OCH3 is 1. The predicted octanol–water partition coefficient (Wildman–Crippen LogP) is 4.33. The lowest BCUT2D eigenvalue weighted by Gasteiger charge is -2.08. The van der Waals surface area contributed by atoms with Gasteiger partial charge in [0.05, 0.1) is 13.7 Å². The van der Waals surface area contributed by atoms with E-state index in [1.807, 2.05) is 31.2 Å². The Morgan fingerprint density at radius 2 is 2.07 bits per heavy atom. The van der Waals surface area contributed by atoms with Gasteiger partial charge in [-0.3, -0.25) is 4.79 Å². The van der Waals surface area contributed by atoms with Gasteiger partial charge in [0.1, 0.15) is 28.0 Å². The number of hydrogen-bond acceptors (Lipinski definition) is 5. The third-order valence-corrected chi connectivity index (χ3v) is 4.97. The summed E-state index contributed by atoms with van der Waals surface area (Å²) in [7, 11) is 1.62. The Labute approximate surface area is 167 Å². The predicted molar refractivity (Wildman–Crippen MR) is 108 cm³/mol. The van der Waals surface area contributed by atoms with Crippen molar-refractivity contribution in [2.45, 2.75) is 13.3 Å². The van der Waals surface area contributed by atoms with Crippen LogP contribution in [0.1, 0.15) is 23.0 Å². The molecule has 5 nitrogen and oxygen atoms in total. The first-order chi connectivity index (χ1) is 13.6. The molecule has 0 saturated carbocycles. The van der Waals surface area contributed by atoms with Gasteiger partial charge < -0.3 is 14.8 Å². The zero-order valence-electron chi connectivity index (χ0n) is 15.7. The van der Waals surface area contributed by atoms with Crippen molar-refractivity contribution in [1.82, 2.24) is 10.3 Å². The number of nitrogens with one attached hydrogen (secondary N) is 1. The van der Waals surface area contributed by atoms with Crippen molar-refractivity contribution in [3.8, 4) is 22.1 Å². The van der Waals surface area contributed by atoms with Crippen LogP contribution in [-0.2, 0) is 6.42 Å². The Balaban J connectivity index is 1.62. The van der Waals surface area contributed by atoms with Crippen molar-refractivity contribution in [1.29, 1.82) is 0 Å². The summed E-state index contributed by atoms with van der Waals surface area (Å²) in [5.74, 6) is 0.542. The average molecular weight is 400 g/mol. The molecule has 1 aromatic heterocycles. The van der Waals surface area contributed by atoms with Crippen molar-refractivity contribution in [2.24, 2.45) is 0 Å². The highest BCUT2D eigenvalue weighted by atomic mass is 32.1. The molecular weight excluding hydrogens is 379 g/mol. The summed E-state index contributed by atoms with van der Waals surface area (Å²) in [6.07, 6.45) is 0.639. The molecule has 0 bridgehead atoms. The number of thiazole rings is 1. The Kier molecular flexibility index (Phi) is 6.60. The summed E-state index contributed by atoms with van der Waals surface area (Å²) in [6.45, 7) is 2.75. The molecule has 0 fully saturated rings. The number of halogens is 1. The first-order valence-corrected chi connectivity index (χ1v) is 9.78. The van der Waals surface area contributed by atoms with E-state index in [0.717, 1.165) is 11.3 Å². The molecule has 0 unspecified atom stereocenters.